The Labute approximate surface area is 806 Å². The normalized spacial score (nSPS) is 20.5. The number of likely N-dealkylation sites (tertiary alicyclic amines) is 4. The third kappa shape index (κ3) is 23.8. The van der Waals surface area contributed by atoms with E-state index in [2.05, 4.69) is 40.2 Å². The van der Waals surface area contributed by atoms with E-state index in [0.717, 1.165) is 84.6 Å². The van der Waals surface area contributed by atoms with E-state index in [1.165, 1.54) is 63.5 Å². The fraction of sp³-hybridized carbons (Fsp3) is 0.455. The quantitative estimate of drug-likeness (QED) is 0.0157. The van der Waals surface area contributed by atoms with Crippen molar-refractivity contribution in [3.05, 3.63) is 235 Å². The molecule has 3 aromatic heterocycles. The molecule has 0 aliphatic carbocycles. The minimum Gasteiger partial charge on any atom is -0.618 e. The Hall–Kier alpha value is -11.0. The van der Waals surface area contributed by atoms with Gasteiger partial charge in [0, 0.05) is 121 Å². The molecular formula is C101H119Cl4N15O15. The third-order valence-corrected chi connectivity index (χ3v) is 28.1. The zero-order valence-corrected chi connectivity index (χ0v) is 80.5. The number of aromatic nitrogens is 5. The number of benzene rings is 6. The maximum Gasteiger partial charge on any atom is 0.304 e. The number of nitrogens with zero attached hydrogens (tertiary/aromatic N) is 11. The molecule has 6 aliphatic rings. The minimum absolute atomic E-state index is 0.0312. The maximum atomic E-state index is 15.4. The predicted molar refractivity (Wildman–Crippen MR) is 511 cm³/mol. The van der Waals surface area contributed by atoms with Crippen molar-refractivity contribution in [2.45, 2.75) is 204 Å². The largest absolute Gasteiger partial charge is 0.618 e. The summed E-state index contributed by atoms with van der Waals surface area (Å²) in [5.74, 6) is -4.54. The number of nitrogens with one attached hydrogen (secondary N) is 4. The van der Waals surface area contributed by atoms with Crippen LogP contribution in [0.5, 0.6) is 23.0 Å². The highest BCUT2D eigenvalue weighted by molar-refractivity contribution is 6.31. The number of pyridine rings is 1. The van der Waals surface area contributed by atoms with Gasteiger partial charge in [-0.15, -0.1) is 0 Å². The van der Waals surface area contributed by atoms with Crippen molar-refractivity contribution in [1.29, 1.82) is 0 Å². The molecule has 9 aromatic rings. The number of hydrogen-bond donors (Lipinski definition) is 6. The first-order chi connectivity index (χ1) is 64.5. The van der Waals surface area contributed by atoms with Crippen molar-refractivity contribution >= 4 is 93.8 Å². The van der Waals surface area contributed by atoms with E-state index in [0.29, 0.717) is 84.6 Å². The fourth-order valence-electron chi connectivity index (χ4n) is 19.9. The van der Waals surface area contributed by atoms with Crippen LogP contribution < -0.4 is 35.5 Å². The van der Waals surface area contributed by atoms with Crippen molar-refractivity contribution < 1.29 is 72.2 Å². The monoisotopic (exact) mass is 1920 g/mol. The van der Waals surface area contributed by atoms with Gasteiger partial charge < -0.3 is 74.6 Å². The first kappa shape index (κ1) is 98.5. The molecule has 30 nitrogen and oxygen atoms in total. The number of aliphatic carboxylic acids is 2. The molecule has 135 heavy (non-hydrogen) atoms. The molecule has 0 saturated carbocycles. The van der Waals surface area contributed by atoms with Crippen LogP contribution in [0.2, 0.25) is 20.1 Å². The summed E-state index contributed by atoms with van der Waals surface area (Å²) in [6.45, 7) is 16.1. The number of carboxylic acids is 2. The number of carbonyl (C=O) groups is 8. The Kier molecular flexibility index (Phi) is 31.2. The second-order valence-electron chi connectivity index (χ2n) is 37.8. The molecule has 34 heteroatoms. The summed E-state index contributed by atoms with van der Waals surface area (Å²) in [5.41, 5.74) is 1.75. The number of piperidine rings is 2. The van der Waals surface area contributed by atoms with Gasteiger partial charge in [-0.05, 0) is 246 Å². The van der Waals surface area contributed by atoms with Crippen LogP contribution in [0.4, 0.5) is 0 Å². The van der Waals surface area contributed by atoms with Crippen LogP contribution in [0.1, 0.15) is 151 Å². The van der Waals surface area contributed by atoms with Crippen LogP contribution in [-0.4, -0.2) is 218 Å². The summed E-state index contributed by atoms with van der Waals surface area (Å²) >= 11 is 26.0. The molecule has 6 fully saturated rings. The Morgan fingerprint density at radius 3 is 1.24 bits per heavy atom. The van der Waals surface area contributed by atoms with Crippen molar-refractivity contribution in [3.63, 3.8) is 0 Å². The van der Waals surface area contributed by atoms with Gasteiger partial charge in [-0.1, -0.05) is 82.8 Å². The molecule has 6 aliphatic heterocycles. The van der Waals surface area contributed by atoms with Crippen LogP contribution in [-0.2, 0) is 114 Å². The standard InChI is InChI=1S/C101H119Cl4N15O15/c1-64(106-54-70-22-32-76(104)50-86(70)134-80-34-24-68(25-35-80)82-56-108-88(112(82)7)58-114-40-9-10-41-114)94(127)118-84(60-132-98(118,3)4)92(125)110-100(52-66-18-28-74(102)29-19-66)38-14-44-116(62-100)96(129)72(48-90(121)122)46-78-16-13-17-79(120(78)131)47-73(49-91(123)124)97(130)117-45-15-39-101(63-117,53-67-20-30-75(103)31-21-67)111-93(126)85-61-133-99(5,6)119(85)95(128)65(2)107-55-71-23-33-77(105)51-87(71)135-81-36-26-69(27-37-81)83-57-109-89(113(83)8)59-115-42-11-12-43-115/h13,16-37,50-51,56-57,64-65,72-73,84-85,106-107H,9-12,14-15,38-49,52-55,58-63H2,1-8H3,(H,110,125)(H,111,126)(H,121,122)(H,123,124)/t64-,65-,72+,73+,84-,85-,100+,101+/m0/s1. The lowest BCUT2D eigenvalue weighted by Crippen LogP contribution is -2.65. The van der Waals surface area contributed by atoms with Crippen LogP contribution in [0.3, 0.4) is 0 Å². The van der Waals surface area contributed by atoms with Crippen molar-refractivity contribution in [3.8, 4) is 45.5 Å². The van der Waals surface area contributed by atoms with Gasteiger partial charge in [-0.25, -0.2) is 9.97 Å². The number of imidazole rings is 2. The lowest BCUT2D eigenvalue weighted by Gasteiger charge is -2.45. The molecule has 15 rings (SSSR count). The van der Waals surface area contributed by atoms with Crippen LogP contribution in [0, 0.1) is 17.0 Å². The molecule has 6 amide bonds. The lowest BCUT2D eigenvalue weighted by atomic mass is 9.82. The molecule has 8 atom stereocenters. The molecule has 716 valence electrons. The zero-order chi connectivity index (χ0) is 95.8. The molecule has 0 spiro atoms. The van der Waals surface area contributed by atoms with Crippen molar-refractivity contribution in [2.24, 2.45) is 25.9 Å². The molecule has 6 N–H and O–H groups in total. The van der Waals surface area contributed by atoms with Crippen LogP contribution >= 0.6 is 46.4 Å². The molecule has 6 saturated heterocycles. The highest BCUT2D eigenvalue weighted by Gasteiger charge is 2.53. The maximum absolute atomic E-state index is 15.4. The van der Waals surface area contributed by atoms with Gasteiger partial charge in [0.2, 0.25) is 35.4 Å². The molecule has 0 bridgehead atoms. The lowest BCUT2D eigenvalue weighted by molar-refractivity contribution is -0.623. The van der Waals surface area contributed by atoms with E-state index in [1.807, 2.05) is 111 Å². The summed E-state index contributed by atoms with van der Waals surface area (Å²) < 4.78 is 30.3. The van der Waals surface area contributed by atoms with Gasteiger partial charge in [-0.3, -0.25) is 58.0 Å². The highest BCUT2D eigenvalue weighted by Crippen LogP contribution is 2.39. The van der Waals surface area contributed by atoms with E-state index in [1.54, 1.807) is 90.1 Å². The van der Waals surface area contributed by atoms with Gasteiger partial charge >= 0.3 is 11.9 Å². The van der Waals surface area contributed by atoms with Gasteiger partial charge in [-0.2, -0.15) is 4.73 Å². The SMILES string of the molecule is C[C@H](NCc1ccc(Cl)cc1Oc1ccc(-c2cnc(CN3CCCC3)n2C)cc1)C(=O)N1[C@H](C(=O)N[C@@]2(Cc3ccc(Cl)cc3)CCCN(C(=O)[C@@H](CC(=O)O)Cc3cccc(C[C@H](CC(=O)O)C(=O)N4CCC[C@](Cc5ccc(Cl)cc5)(NC(=O)[C@@H]5COC(C)(C)N5C(=O)[C@H](C)NCc5ccc(Cl)cc5Oc5ccc(-c6cnc(CN7CCCC7)n6C)cc5)C4)[n+]3[O-])C2)COC1(C)C. The van der Waals surface area contributed by atoms with Crippen LogP contribution in [0.25, 0.3) is 22.5 Å². The first-order valence-electron chi connectivity index (χ1n) is 46.4. The van der Waals surface area contributed by atoms with Gasteiger partial charge in [0.1, 0.15) is 58.2 Å². The average molecular weight is 1920 g/mol. The summed E-state index contributed by atoms with van der Waals surface area (Å²) in [6.07, 6.45) is 8.04. The summed E-state index contributed by atoms with van der Waals surface area (Å²) in [7, 11) is 4.05. The first-order valence-corrected chi connectivity index (χ1v) is 47.9. The number of ether oxygens (including phenoxy) is 4. The van der Waals surface area contributed by atoms with Gasteiger partial charge in [0.05, 0.1) is 97.9 Å². The zero-order valence-electron chi connectivity index (χ0n) is 77.5. The van der Waals surface area contributed by atoms with Crippen molar-refractivity contribution in [1.82, 2.24) is 69.8 Å². The number of halogens is 4. The number of amides is 6. The highest BCUT2D eigenvalue weighted by atomic mass is 35.5. The topological polar surface area (TPSA) is 344 Å². The predicted octanol–water partition coefficient (Wildman–Crippen LogP) is 13.5. The Morgan fingerprint density at radius 1 is 0.496 bits per heavy atom. The molecule has 0 unspecified atom stereocenters. The van der Waals surface area contributed by atoms with E-state index in [4.69, 9.17) is 75.3 Å². The van der Waals surface area contributed by atoms with E-state index in [-0.39, 0.29) is 76.7 Å². The Bertz CT molecular complexity index is 5450. The second-order valence-corrected chi connectivity index (χ2v) is 39.5. The smallest absolute Gasteiger partial charge is 0.304 e. The summed E-state index contributed by atoms with van der Waals surface area (Å²) in [6, 6.07) is 40.4. The Morgan fingerprint density at radius 2 is 0.867 bits per heavy atom. The molecular weight excluding hydrogens is 1810 g/mol. The third-order valence-electron chi connectivity index (χ3n) is 27.1. The number of rotatable bonds is 36. The Balaban J connectivity index is 0.601. The molecule has 9 heterocycles. The molecule has 0 radical (unpaired) electrons. The number of hydrogen-bond acceptors (Lipinski definition) is 19. The van der Waals surface area contributed by atoms with E-state index < -0.39 is 132 Å². The average Bonchev–Trinajstić information content (AvgIpc) is 1.59. The number of carboxylic acid groups (broad SMARTS) is 2. The number of carbonyl (C=O) groups excluding carboxylic acids is 6. The van der Waals surface area contributed by atoms with E-state index in [9.17, 15) is 25.0 Å². The summed E-state index contributed by atoms with van der Waals surface area (Å²) in [5, 5.41) is 51.3. The van der Waals surface area contributed by atoms with Crippen molar-refractivity contribution in [2.75, 3.05) is 65.6 Å². The van der Waals surface area contributed by atoms with E-state index >= 15 is 28.8 Å². The molecule has 6 aromatic carbocycles. The fourth-order valence-corrected chi connectivity index (χ4v) is 20.4. The second kappa shape index (κ2) is 42.7. The van der Waals surface area contributed by atoms with Crippen LogP contribution in [0.15, 0.2) is 164 Å². The minimum atomic E-state index is -1.35. The summed E-state index contributed by atoms with van der Waals surface area (Å²) in [4.78, 5) is 138. The van der Waals surface area contributed by atoms with Gasteiger partial charge in [0.25, 0.3) is 0 Å². The van der Waals surface area contributed by atoms with Gasteiger partial charge in [0.15, 0.2) is 11.4 Å².